The lowest BCUT2D eigenvalue weighted by Gasteiger charge is -2.35. The molecule has 0 atom stereocenters. The van der Waals surface area contributed by atoms with Crippen LogP contribution in [-0.2, 0) is 5.41 Å². The molecule has 17 heavy (non-hydrogen) atoms. The van der Waals surface area contributed by atoms with E-state index in [1.54, 1.807) is 0 Å². The largest absolute Gasteiger partial charge is 1.00 e. The van der Waals surface area contributed by atoms with Gasteiger partial charge in [0, 0.05) is 0 Å². The van der Waals surface area contributed by atoms with Crippen LogP contribution < -0.4 is 12.4 Å². The molecule has 1 aliphatic heterocycles. The maximum absolute atomic E-state index is 9.48. The van der Waals surface area contributed by atoms with Gasteiger partial charge in [0.2, 0.25) is 0 Å². The van der Waals surface area contributed by atoms with E-state index in [9.17, 15) is 5.26 Å². The molecular formula is C14H18ClN2-. The molecule has 3 heteroatoms. The van der Waals surface area contributed by atoms with Crippen LogP contribution in [-0.4, -0.2) is 25.0 Å². The average molecular weight is 250 g/mol. The number of hydrogen-bond donors (Lipinski definition) is 0. The predicted octanol–water partition coefficient (Wildman–Crippen LogP) is -0.514. The Kier molecular flexibility index (Phi) is 4.56. The summed E-state index contributed by atoms with van der Waals surface area (Å²) < 4.78 is 0. The third kappa shape index (κ3) is 2.80. The Labute approximate surface area is 110 Å². The number of halogens is 1. The van der Waals surface area contributed by atoms with Gasteiger partial charge >= 0.3 is 0 Å². The Balaban J connectivity index is 0.00000144. The van der Waals surface area contributed by atoms with E-state index in [4.69, 9.17) is 0 Å². The van der Waals surface area contributed by atoms with Gasteiger partial charge in [0.15, 0.2) is 0 Å². The number of piperidine rings is 1. The van der Waals surface area contributed by atoms with E-state index < -0.39 is 0 Å². The minimum Gasteiger partial charge on any atom is -1.00 e. The van der Waals surface area contributed by atoms with Crippen molar-refractivity contribution in [1.82, 2.24) is 4.90 Å². The Morgan fingerprint density at radius 2 is 1.71 bits per heavy atom. The second-order valence-electron chi connectivity index (χ2n) is 4.86. The molecule has 2 rings (SSSR count). The molecule has 0 bridgehead atoms. The Hall–Kier alpha value is -1.04. The fraction of sp³-hybridized carbons (Fsp3) is 0.500. The maximum atomic E-state index is 9.48. The summed E-state index contributed by atoms with van der Waals surface area (Å²) in [6.45, 7) is 4.11. The molecule has 0 radical (unpaired) electrons. The van der Waals surface area contributed by atoms with Crippen LogP contribution in [0, 0.1) is 18.3 Å². The second kappa shape index (κ2) is 5.53. The molecule has 1 aromatic rings. The smallest absolute Gasteiger partial charge is 0.0846 e. The van der Waals surface area contributed by atoms with Gasteiger partial charge in [0.05, 0.1) is 11.5 Å². The zero-order chi connectivity index (χ0) is 11.6. The third-order valence-electron chi connectivity index (χ3n) is 3.66. The number of aryl methyl sites for hydroxylation is 1. The highest BCUT2D eigenvalue weighted by molar-refractivity contribution is 5.35. The van der Waals surface area contributed by atoms with E-state index in [0.717, 1.165) is 25.9 Å². The van der Waals surface area contributed by atoms with Crippen LogP contribution >= 0.6 is 0 Å². The van der Waals surface area contributed by atoms with Crippen molar-refractivity contribution in [3.8, 4) is 6.07 Å². The van der Waals surface area contributed by atoms with Crippen molar-refractivity contribution in [2.45, 2.75) is 25.2 Å². The number of rotatable bonds is 1. The molecule has 92 valence electrons. The van der Waals surface area contributed by atoms with Crippen molar-refractivity contribution < 1.29 is 12.4 Å². The summed E-state index contributed by atoms with van der Waals surface area (Å²) in [6, 6.07) is 11.0. The summed E-state index contributed by atoms with van der Waals surface area (Å²) in [5, 5.41) is 9.48. The quantitative estimate of drug-likeness (QED) is 0.670. The number of nitriles is 1. The van der Waals surface area contributed by atoms with Crippen LogP contribution in [0.25, 0.3) is 0 Å². The molecule has 1 heterocycles. The van der Waals surface area contributed by atoms with Gasteiger partial charge < -0.3 is 17.3 Å². The third-order valence-corrected chi connectivity index (χ3v) is 3.66. The van der Waals surface area contributed by atoms with E-state index in [2.05, 4.69) is 49.2 Å². The van der Waals surface area contributed by atoms with E-state index in [1.807, 2.05) is 0 Å². The summed E-state index contributed by atoms with van der Waals surface area (Å²) >= 11 is 0. The highest BCUT2D eigenvalue weighted by Crippen LogP contribution is 2.34. The lowest BCUT2D eigenvalue weighted by molar-refractivity contribution is -0.00000368. The van der Waals surface area contributed by atoms with E-state index in [0.29, 0.717) is 0 Å². The first kappa shape index (κ1) is 14.0. The molecule has 0 amide bonds. The molecule has 2 nitrogen and oxygen atoms in total. The predicted molar refractivity (Wildman–Crippen MR) is 65.2 cm³/mol. The van der Waals surface area contributed by atoms with Crippen LogP contribution in [0.2, 0.25) is 0 Å². The summed E-state index contributed by atoms with van der Waals surface area (Å²) in [6.07, 6.45) is 1.89. The van der Waals surface area contributed by atoms with Crippen LogP contribution in [0.3, 0.4) is 0 Å². The van der Waals surface area contributed by atoms with Crippen LogP contribution in [0.4, 0.5) is 0 Å². The summed E-state index contributed by atoms with van der Waals surface area (Å²) in [5.74, 6) is 0. The van der Waals surface area contributed by atoms with Gasteiger partial charge in [-0.05, 0) is 45.5 Å². The molecule has 1 aromatic carbocycles. The zero-order valence-electron chi connectivity index (χ0n) is 10.4. The number of likely N-dealkylation sites (tertiary alicyclic amines) is 1. The molecule has 0 N–H and O–H groups in total. The Morgan fingerprint density at radius 3 is 2.18 bits per heavy atom. The molecule has 0 aliphatic carbocycles. The minimum atomic E-state index is -0.250. The van der Waals surface area contributed by atoms with Crippen LogP contribution in [0.15, 0.2) is 24.3 Å². The van der Waals surface area contributed by atoms with E-state index in [-0.39, 0.29) is 17.8 Å². The fourth-order valence-corrected chi connectivity index (χ4v) is 2.34. The molecule has 0 saturated carbocycles. The lowest BCUT2D eigenvalue weighted by Crippen LogP contribution is -3.00. The van der Waals surface area contributed by atoms with Crippen molar-refractivity contribution in [1.29, 1.82) is 5.26 Å². The minimum absolute atomic E-state index is 0. The molecule has 1 fully saturated rings. The van der Waals surface area contributed by atoms with Crippen molar-refractivity contribution in [3.05, 3.63) is 35.4 Å². The highest BCUT2D eigenvalue weighted by atomic mass is 35.5. The average Bonchev–Trinajstić information content (AvgIpc) is 2.32. The van der Waals surface area contributed by atoms with Gasteiger partial charge in [-0.25, -0.2) is 0 Å². The van der Waals surface area contributed by atoms with Crippen LogP contribution in [0.1, 0.15) is 24.0 Å². The summed E-state index contributed by atoms with van der Waals surface area (Å²) in [5.41, 5.74) is 2.19. The van der Waals surface area contributed by atoms with Crippen molar-refractivity contribution >= 4 is 0 Å². The van der Waals surface area contributed by atoms with Gasteiger partial charge in [-0.1, -0.05) is 29.8 Å². The van der Waals surface area contributed by atoms with Crippen molar-refractivity contribution in [2.75, 3.05) is 20.1 Å². The van der Waals surface area contributed by atoms with Crippen molar-refractivity contribution in [3.63, 3.8) is 0 Å². The molecule has 1 saturated heterocycles. The van der Waals surface area contributed by atoms with Gasteiger partial charge in [0.25, 0.3) is 0 Å². The number of hydrogen-bond acceptors (Lipinski definition) is 2. The van der Waals surface area contributed by atoms with Gasteiger partial charge in [-0.15, -0.1) is 0 Å². The number of benzene rings is 1. The molecule has 0 aromatic heterocycles. The molecule has 0 spiro atoms. The second-order valence-corrected chi connectivity index (χ2v) is 4.86. The maximum Gasteiger partial charge on any atom is 0.0846 e. The summed E-state index contributed by atoms with van der Waals surface area (Å²) in [4.78, 5) is 2.30. The standard InChI is InChI=1S/C14H18N2.ClH/c1-12-3-5-13(6-4-12)14(11-15)7-9-16(2)10-8-14;/h3-6H,7-10H2,1-2H3;1H/p-1. The topological polar surface area (TPSA) is 27.0 Å². The molecule has 1 aliphatic rings. The first-order chi connectivity index (χ1) is 7.66. The van der Waals surface area contributed by atoms with E-state index >= 15 is 0 Å². The van der Waals surface area contributed by atoms with Gasteiger partial charge in [-0.2, -0.15) is 5.26 Å². The van der Waals surface area contributed by atoms with Gasteiger partial charge in [0.1, 0.15) is 0 Å². The Bertz CT molecular complexity index is 397. The summed E-state index contributed by atoms with van der Waals surface area (Å²) in [7, 11) is 2.12. The fourth-order valence-electron chi connectivity index (χ4n) is 2.34. The SMILES string of the molecule is Cc1ccc(C2(C#N)CCN(C)CC2)cc1.[Cl-]. The molecule has 0 unspecified atom stereocenters. The van der Waals surface area contributed by atoms with Crippen LogP contribution in [0.5, 0.6) is 0 Å². The van der Waals surface area contributed by atoms with E-state index in [1.165, 1.54) is 11.1 Å². The highest BCUT2D eigenvalue weighted by Gasteiger charge is 2.35. The normalized spacial score (nSPS) is 19.1. The number of nitrogens with zero attached hydrogens (tertiary/aromatic N) is 2. The zero-order valence-corrected chi connectivity index (χ0v) is 11.2. The van der Waals surface area contributed by atoms with Crippen molar-refractivity contribution in [2.24, 2.45) is 0 Å². The first-order valence-corrected chi connectivity index (χ1v) is 5.83. The van der Waals surface area contributed by atoms with Gasteiger partial charge in [-0.3, -0.25) is 0 Å². The monoisotopic (exact) mass is 249 g/mol. The molecular weight excluding hydrogens is 232 g/mol. The Morgan fingerprint density at radius 1 is 1.18 bits per heavy atom. The first-order valence-electron chi connectivity index (χ1n) is 5.83. The lowest BCUT2D eigenvalue weighted by atomic mass is 9.74.